The summed E-state index contributed by atoms with van der Waals surface area (Å²) in [5, 5.41) is 12.5. The number of amides is 2. The maximum absolute atomic E-state index is 12.7. The molecule has 5 nitrogen and oxygen atoms in total. The zero-order valence-electron chi connectivity index (χ0n) is 11.5. The van der Waals surface area contributed by atoms with Crippen molar-refractivity contribution in [3.05, 3.63) is 29.0 Å². The fourth-order valence-electron chi connectivity index (χ4n) is 2.16. The molecule has 9 heteroatoms. The van der Waals surface area contributed by atoms with Gasteiger partial charge in [0.2, 0.25) is 0 Å². The highest BCUT2D eigenvalue weighted by molar-refractivity contribution is 6.29. The highest BCUT2D eigenvalue weighted by atomic mass is 35.5. The number of aromatic nitrogens is 1. The van der Waals surface area contributed by atoms with Gasteiger partial charge in [0, 0.05) is 38.7 Å². The first-order valence-electron chi connectivity index (χ1n) is 6.64. The van der Waals surface area contributed by atoms with Gasteiger partial charge in [-0.2, -0.15) is 13.2 Å². The van der Waals surface area contributed by atoms with Crippen molar-refractivity contribution in [1.29, 1.82) is 0 Å². The maximum atomic E-state index is 12.7. The number of rotatable bonds is 2. The number of aliphatic hydroxyl groups is 1. The van der Waals surface area contributed by atoms with Crippen LogP contribution in [0.15, 0.2) is 18.3 Å². The maximum Gasteiger partial charge on any atom is 0.417 e. The Morgan fingerprint density at radius 3 is 2.55 bits per heavy atom. The minimum absolute atomic E-state index is 0.152. The summed E-state index contributed by atoms with van der Waals surface area (Å²) in [7, 11) is 0. The van der Waals surface area contributed by atoms with Crippen molar-refractivity contribution in [2.75, 3.05) is 13.1 Å². The average Bonchev–Trinajstić information content (AvgIpc) is 2.46. The highest BCUT2D eigenvalue weighted by Crippen LogP contribution is 2.38. The predicted octanol–water partition coefficient (Wildman–Crippen LogP) is 2.33. The molecule has 2 N–H and O–H groups in total. The van der Waals surface area contributed by atoms with Crippen LogP contribution in [0.5, 0.6) is 0 Å². The first-order valence-corrected chi connectivity index (χ1v) is 7.01. The van der Waals surface area contributed by atoms with E-state index < -0.39 is 30.7 Å². The van der Waals surface area contributed by atoms with Gasteiger partial charge in [0.05, 0.1) is 0 Å². The van der Waals surface area contributed by atoms with Gasteiger partial charge in [0.25, 0.3) is 0 Å². The Labute approximate surface area is 130 Å². The molecule has 0 radical (unpaired) electrons. The number of hydrogen-bond donors (Lipinski definition) is 2. The first kappa shape index (κ1) is 16.8. The summed E-state index contributed by atoms with van der Waals surface area (Å²) in [6.45, 7) is -0.107. The SMILES string of the molecule is O=C(NCc1ccc(Cl)nc1)N1CCC(O)(C(F)(F)F)CC1. The van der Waals surface area contributed by atoms with Gasteiger partial charge in [-0.05, 0) is 11.6 Å². The summed E-state index contributed by atoms with van der Waals surface area (Å²) >= 11 is 5.64. The average molecular weight is 338 g/mol. The molecule has 1 saturated heterocycles. The van der Waals surface area contributed by atoms with Crippen LogP contribution in [0.3, 0.4) is 0 Å². The van der Waals surface area contributed by atoms with Crippen LogP contribution in [0.4, 0.5) is 18.0 Å². The van der Waals surface area contributed by atoms with Crippen LogP contribution >= 0.6 is 11.6 Å². The molecule has 0 aliphatic carbocycles. The fraction of sp³-hybridized carbons (Fsp3) is 0.538. The van der Waals surface area contributed by atoms with E-state index in [2.05, 4.69) is 10.3 Å². The molecule has 1 aromatic heterocycles. The van der Waals surface area contributed by atoms with Gasteiger partial charge in [-0.25, -0.2) is 9.78 Å². The third-order valence-electron chi connectivity index (χ3n) is 3.64. The molecule has 1 aliphatic rings. The van der Waals surface area contributed by atoms with Crippen LogP contribution < -0.4 is 5.32 Å². The summed E-state index contributed by atoms with van der Waals surface area (Å²) in [5.41, 5.74) is -1.98. The molecule has 0 spiro atoms. The lowest BCUT2D eigenvalue weighted by atomic mass is 9.91. The van der Waals surface area contributed by atoms with E-state index in [0.717, 1.165) is 5.56 Å². The van der Waals surface area contributed by atoms with Crippen LogP contribution in [0, 0.1) is 0 Å². The molecule has 1 fully saturated rings. The summed E-state index contributed by atoms with van der Waals surface area (Å²) < 4.78 is 38.0. The predicted molar refractivity (Wildman–Crippen MR) is 73.3 cm³/mol. The smallest absolute Gasteiger partial charge is 0.380 e. The Morgan fingerprint density at radius 1 is 1.41 bits per heavy atom. The third kappa shape index (κ3) is 3.80. The molecular formula is C13H15ClF3N3O2. The second-order valence-electron chi connectivity index (χ2n) is 5.16. The van der Waals surface area contributed by atoms with E-state index in [9.17, 15) is 23.1 Å². The number of nitrogens with zero attached hydrogens (tertiary/aromatic N) is 2. The second-order valence-corrected chi connectivity index (χ2v) is 5.55. The molecule has 0 saturated carbocycles. The quantitative estimate of drug-likeness (QED) is 0.814. The first-order chi connectivity index (χ1) is 10.2. The largest absolute Gasteiger partial charge is 0.417 e. The molecule has 2 rings (SSSR count). The zero-order chi connectivity index (χ0) is 16.4. The van der Waals surface area contributed by atoms with Crippen LogP contribution in [-0.4, -0.2) is 45.9 Å². The summed E-state index contributed by atoms with van der Waals surface area (Å²) in [6.07, 6.45) is -4.22. The van der Waals surface area contributed by atoms with E-state index in [0.29, 0.717) is 5.15 Å². The minimum Gasteiger partial charge on any atom is -0.380 e. The van der Waals surface area contributed by atoms with Crippen molar-refractivity contribution in [3.63, 3.8) is 0 Å². The van der Waals surface area contributed by atoms with Gasteiger partial charge in [0.15, 0.2) is 5.60 Å². The van der Waals surface area contributed by atoms with Crippen molar-refractivity contribution >= 4 is 17.6 Å². The van der Waals surface area contributed by atoms with Gasteiger partial charge < -0.3 is 15.3 Å². The molecule has 0 unspecified atom stereocenters. The topological polar surface area (TPSA) is 65.5 Å². The second kappa shape index (κ2) is 6.29. The van der Waals surface area contributed by atoms with Gasteiger partial charge in [-0.1, -0.05) is 17.7 Å². The number of piperidine rings is 1. The molecular weight excluding hydrogens is 323 g/mol. The molecule has 0 aromatic carbocycles. The summed E-state index contributed by atoms with van der Waals surface area (Å²) in [6, 6.07) is 2.79. The standard InChI is InChI=1S/C13H15ClF3N3O2/c14-10-2-1-9(7-18-10)8-19-11(21)20-5-3-12(22,4-6-20)13(15,16)17/h1-2,7,22H,3-6,8H2,(H,19,21). The van der Waals surface area contributed by atoms with E-state index in [1.54, 1.807) is 12.1 Å². The van der Waals surface area contributed by atoms with Crippen LogP contribution in [0.2, 0.25) is 5.15 Å². The van der Waals surface area contributed by atoms with Crippen LogP contribution in [0.25, 0.3) is 0 Å². The zero-order valence-corrected chi connectivity index (χ0v) is 12.3. The number of halogens is 4. The summed E-state index contributed by atoms with van der Waals surface area (Å²) in [5.74, 6) is 0. The lowest BCUT2D eigenvalue weighted by molar-refractivity contribution is -0.271. The van der Waals surface area contributed by atoms with Crippen molar-refractivity contribution in [1.82, 2.24) is 15.2 Å². The van der Waals surface area contributed by atoms with Crippen molar-refractivity contribution < 1.29 is 23.1 Å². The number of nitrogens with one attached hydrogen (secondary N) is 1. The normalized spacial score (nSPS) is 18.1. The third-order valence-corrected chi connectivity index (χ3v) is 3.86. The molecule has 22 heavy (non-hydrogen) atoms. The van der Waals surface area contributed by atoms with E-state index in [1.807, 2.05) is 0 Å². The minimum atomic E-state index is -4.68. The molecule has 2 heterocycles. The van der Waals surface area contributed by atoms with E-state index >= 15 is 0 Å². The molecule has 122 valence electrons. The number of carbonyl (C=O) groups excluding carboxylic acids is 1. The van der Waals surface area contributed by atoms with E-state index in [1.165, 1.54) is 11.1 Å². The number of urea groups is 1. The number of carbonyl (C=O) groups is 1. The van der Waals surface area contributed by atoms with Gasteiger partial charge >= 0.3 is 12.2 Å². The summed E-state index contributed by atoms with van der Waals surface area (Å²) in [4.78, 5) is 17.0. The Kier molecular flexibility index (Phi) is 4.81. The monoisotopic (exact) mass is 337 g/mol. The molecule has 0 bridgehead atoms. The van der Waals surface area contributed by atoms with E-state index in [4.69, 9.17) is 11.6 Å². The highest BCUT2D eigenvalue weighted by Gasteiger charge is 2.54. The Hall–Kier alpha value is -1.54. The Morgan fingerprint density at radius 2 is 2.05 bits per heavy atom. The van der Waals surface area contributed by atoms with Crippen molar-refractivity contribution in [2.24, 2.45) is 0 Å². The number of hydrogen-bond acceptors (Lipinski definition) is 3. The van der Waals surface area contributed by atoms with Gasteiger partial charge in [-0.15, -0.1) is 0 Å². The van der Waals surface area contributed by atoms with Crippen LogP contribution in [-0.2, 0) is 6.54 Å². The number of likely N-dealkylation sites (tertiary alicyclic amines) is 1. The molecule has 1 aliphatic heterocycles. The van der Waals surface area contributed by atoms with Gasteiger partial charge in [0.1, 0.15) is 5.15 Å². The molecule has 2 amide bonds. The van der Waals surface area contributed by atoms with Crippen molar-refractivity contribution in [2.45, 2.75) is 31.2 Å². The van der Waals surface area contributed by atoms with E-state index in [-0.39, 0.29) is 19.6 Å². The lowest BCUT2D eigenvalue weighted by Crippen LogP contribution is -2.55. The van der Waals surface area contributed by atoms with Crippen LogP contribution in [0.1, 0.15) is 18.4 Å². The number of pyridine rings is 1. The van der Waals surface area contributed by atoms with Crippen molar-refractivity contribution in [3.8, 4) is 0 Å². The molecule has 0 atom stereocenters. The fourth-order valence-corrected chi connectivity index (χ4v) is 2.28. The Bertz CT molecular complexity index is 528. The lowest BCUT2D eigenvalue weighted by Gasteiger charge is -2.39. The number of alkyl halides is 3. The molecule has 1 aromatic rings. The van der Waals surface area contributed by atoms with Gasteiger partial charge in [-0.3, -0.25) is 0 Å². The Balaban J connectivity index is 1.84.